The zero-order chi connectivity index (χ0) is 9.14. The molecule has 5 nitrogen and oxygen atoms in total. The molecule has 0 radical (unpaired) electrons. The van der Waals surface area contributed by atoms with E-state index in [9.17, 15) is 4.79 Å². The number of aldehydes is 1. The normalized spacial score (nSPS) is 41.6. The molecule has 0 spiro atoms. The molecule has 1 aliphatic rings. The Kier molecular flexibility index (Phi) is 3.16. The Bertz CT molecular complexity index is 163. The summed E-state index contributed by atoms with van der Waals surface area (Å²) in [5, 5.41) is 9.13. The molecular weight excluding hydrogens is 162 g/mol. The highest BCUT2D eigenvalue weighted by Gasteiger charge is 2.41. The molecule has 4 atom stereocenters. The molecule has 1 heterocycles. The van der Waals surface area contributed by atoms with Gasteiger partial charge in [-0.3, -0.25) is 0 Å². The summed E-state index contributed by atoms with van der Waals surface area (Å²) in [6.07, 6.45) is -0.775. The summed E-state index contributed by atoms with van der Waals surface area (Å²) in [7, 11) is 1.50. The molecule has 0 unspecified atom stereocenters. The summed E-state index contributed by atoms with van der Waals surface area (Å²) in [6.45, 7) is 0.272. The minimum Gasteiger partial charge on any atom is -0.382 e. The summed E-state index contributed by atoms with van der Waals surface area (Å²) < 4.78 is 9.80. The van der Waals surface area contributed by atoms with Gasteiger partial charge in [-0.2, -0.15) is 0 Å². The lowest BCUT2D eigenvalue weighted by molar-refractivity contribution is -0.119. The number of methoxy groups -OCH3 is 1. The van der Waals surface area contributed by atoms with Gasteiger partial charge in [0.1, 0.15) is 6.29 Å². The topological polar surface area (TPSA) is 81.8 Å². The number of carbonyl (C=O) groups excluding carboxylic acids is 1. The van der Waals surface area contributed by atoms with Gasteiger partial charge in [-0.05, 0) is 0 Å². The van der Waals surface area contributed by atoms with E-state index in [1.807, 2.05) is 0 Å². The van der Waals surface area contributed by atoms with Crippen LogP contribution in [0.3, 0.4) is 0 Å². The Morgan fingerprint density at radius 2 is 2.42 bits per heavy atom. The minimum atomic E-state index is -1.06. The summed E-state index contributed by atoms with van der Waals surface area (Å²) in [5.41, 5.74) is 5.49. The second-order valence-corrected chi connectivity index (χ2v) is 2.81. The van der Waals surface area contributed by atoms with E-state index in [2.05, 4.69) is 0 Å². The number of ether oxygens (including phenoxy) is 2. The molecule has 1 rings (SSSR count). The van der Waals surface area contributed by atoms with Crippen LogP contribution >= 0.6 is 0 Å². The number of hydrogen-bond acceptors (Lipinski definition) is 5. The molecule has 0 aromatic rings. The second kappa shape index (κ2) is 3.95. The summed E-state index contributed by atoms with van der Waals surface area (Å²) in [6, 6.07) is -0.636. The molecule has 0 bridgehead atoms. The average molecular weight is 175 g/mol. The van der Waals surface area contributed by atoms with Crippen molar-refractivity contribution in [3.8, 4) is 0 Å². The smallest absolute Gasteiger partial charge is 0.171 e. The van der Waals surface area contributed by atoms with Crippen LogP contribution in [0, 0.1) is 5.92 Å². The van der Waals surface area contributed by atoms with Gasteiger partial charge in [0.2, 0.25) is 0 Å². The molecule has 0 saturated carbocycles. The quantitative estimate of drug-likeness (QED) is 0.510. The van der Waals surface area contributed by atoms with Gasteiger partial charge in [-0.25, -0.2) is 0 Å². The maximum absolute atomic E-state index is 10.5. The van der Waals surface area contributed by atoms with Crippen LogP contribution in [0.15, 0.2) is 0 Å². The molecule has 0 aromatic carbocycles. The number of carbonyl (C=O) groups is 1. The molecule has 3 N–H and O–H groups in total. The van der Waals surface area contributed by atoms with Crippen molar-refractivity contribution in [2.45, 2.75) is 18.4 Å². The fourth-order valence-electron chi connectivity index (χ4n) is 1.29. The Morgan fingerprint density at radius 3 is 2.92 bits per heavy atom. The fraction of sp³-hybridized carbons (Fsp3) is 0.857. The molecule has 1 saturated heterocycles. The Balaban J connectivity index is 2.58. The van der Waals surface area contributed by atoms with E-state index in [0.29, 0.717) is 6.29 Å². The third-order valence-electron chi connectivity index (χ3n) is 2.01. The molecule has 1 aliphatic heterocycles. The molecule has 0 amide bonds. The van der Waals surface area contributed by atoms with Gasteiger partial charge in [0.15, 0.2) is 6.29 Å². The Morgan fingerprint density at radius 1 is 1.75 bits per heavy atom. The van der Waals surface area contributed by atoms with Crippen molar-refractivity contribution < 1.29 is 19.4 Å². The fourth-order valence-corrected chi connectivity index (χ4v) is 1.29. The highest BCUT2D eigenvalue weighted by Crippen LogP contribution is 2.22. The number of aliphatic hydroxyl groups excluding tert-OH is 1. The standard InChI is InChI=1S/C7H13NO4/c1-11-3-5-4(2-9)6(8)7(10)12-5/h2,4-7,10H,3,8H2,1H3/t4-,5+,6+,7-/m0/s1. The maximum atomic E-state index is 10.5. The monoisotopic (exact) mass is 175 g/mol. The minimum absolute atomic E-state index is 0.272. The number of aliphatic hydroxyl groups is 1. The van der Waals surface area contributed by atoms with Crippen molar-refractivity contribution in [3.05, 3.63) is 0 Å². The van der Waals surface area contributed by atoms with Crippen molar-refractivity contribution in [1.82, 2.24) is 0 Å². The van der Waals surface area contributed by atoms with Gasteiger partial charge < -0.3 is 25.1 Å². The van der Waals surface area contributed by atoms with Crippen LogP contribution in [0.25, 0.3) is 0 Å². The van der Waals surface area contributed by atoms with Gasteiger partial charge in [0.05, 0.1) is 24.7 Å². The second-order valence-electron chi connectivity index (χ2n) is 2.81. The van der Waals surface area contributed by atoms with E-state index >= 15 is 0 Å². The van der Waals surface area contributed by atoms with Crippen LogP contribution in [0.4, 0.5) is 0 Å². The first-order valence-electron chi connectivity index (χ1n) is 3.74. The maximum Gasteiger partial charge on any atom is 0.171 e. The predicted octanol–water partition coefficient (Wildman–Crippen LogP) is -1.51. The zero-order valence-electron chi connectivity index (χ0n) is 6.84. The molecule has 5 heteroatoms. The Labute approximate surface area is 70.4 Å². The van der Waals surface area contributed by atoms with Crippen LogP contribution in [-0.4, -0.2) is 43.5 Å². The van der Waals surface area contributed by atoms with Crippen LogP contribution in [0.2, 0.25) is 0 Å². The molecule has 1 fully saturated rings. The van der Waals surface area contributed by atoms with Gasteiger partial charge >= 0.3 is 0 Å². The summed E-state index contributed by atoms with van der Waals surface area (Å²) in [5.74, 6) is -0.472. The third kappa shape index (κ3) is 1.64. The lowest BCUT2D eigenvalue weighted by Crippen LogP contribution is -2.37. The highest BCUT2D eigenvalue weighted by molar-refractivity contribution is 5.56. The van der Waals surface area contributed by atoms with Crippen molar-refractivity contribution in [2.75, 3.05) is 13.7 Å². The zero-order valence-corrected chi connectivity index (χ0v) is 6.84. The van der Waals surface area contributed by atoms with E-state index in [0.717, 1.165) is 0 Å². The van der Waals surface area contributed by atoms with Crippen molar-refractivity contribution in [2.24, 2.45) is 11.7 Å². The van der Waals surface area contributed by atoms with Crippen molar-refractivity contribution >= 4 is 6.29 Å². The van der Waals surface area contributed by atoms with Crippen LogP contribution < -0.4 is 5.73 Å². The van der Waals surface area contributed by atoms with Gasteiger partial charge in [-0.15, -0.1) is 0 Å². The lowest BCUT2D eigenvalue weighted by atomic mass is 9.99. The predicted molar refractivity (Wildman–Crippen MR) is 40.3 cm³/mol. The average Bonchev–Trinajstić information content (AvgIpc) is 2.29. The third-order valence-corrected chi connectivity index (χ3v) is 2.01. The van der Waals surface area contributed by atoms with Crippen molar-refractivity contribution in [1.29, 1.82) is 0 Å². The van der Waals surface area contributed by atoms with Gasteiger partial charge in [0, 0.05) is 7.11 Å². The first-order valence-corrected chi connectivity index (χ1v) is 3.74. The summed E-state index contributed by atoms with van der Waals surface area (Å²) in [4.78, 5) is 10.5. The SMILES string of the molecule is COC[C@H]1O[C@H](O)[C@H](N)[C@H]1C=O. The number of rotatable bonds is 3. The van der Waals surface area contributed by atoms with Crippen LogP contribution in [0.1, 0.15) is 0 Å². The molecular formula is C7H13NO4. The number of nitrogens with two attached hydrogens (primary N) is 1. The number of hydrogen-bond donors (Lipinski definition) is 2. The van der Waals surface area contributed by atoms with Gasteiger partial charge in [-0.1, -0.05) is 0 Å². The van der Waals surface area contributed by atoms with E-state index in [4.69, 9.17) is 20.3 Å². The summed E-state index contributed by atoms with van der Waals surface area (Å²) >= 11 is 0. The lowest BCUT2D eigenvalue weighted by Gasteiger charge is -2.12. The van der Waals surface area contributed by atoms with E-state index in [1.165, 1.54) is 7.11 Å². The van der Waals surface area contributed by atoms with Crippen molar-refractivity contribution in [3.63, 3.8) is 0 Å². The first kappa shape index (κ1) is 9.60. The molecule has 12 heavy (non-hydrogen) atoms. The van der Waals surface area contributed by atoms with E-state index < -0.39 is 24.4 Å². The molecule has 0 aliphatic carbocycles. The van der Waals surface area contributed by atoms with E-state index in [-0.39, 0.29) is 6.61 Å². The van der Waals surface area contributed by atoms with E-state index in [1.54, 1.807) is 0 Å². The highest BCUT2D eigenvalue weighted by atomic mass is 16.6. The molecule has 70 valence electrons. The first-order chi connectivity index (χ1) is 5.70. The van der Waals surface area contributed by atoms with Crippen LogP contribution in [0.5, 0.6) is 0 Å². The molecule has 0 aromatic heterocycles. The van der Waals surface area contributed by atoms with Crippen LogP contribution in [-0.2, 0) is 14.3 Å². The Hall–Kier alpha value is -0.490. The largest absolute Gasteiger partial charge is 0.382 e. The van der Waals surface area contributed by atoms with Gasteiger partial charge in [0.25, 0.3) is 0 Å².